The summed E-state index contributed by atoms with van der Waals surface area (Å²) in [5.74, 6) is -2.92. The van der Waals surface area contributed by atoms with Crippen molar-refractivity contribution < 1.29 is 29.0 Å². The summed E-state index contributed by atoms with van der Waals surface area (Å²) in [6, 6.07) is 12.3. The van der Waals surface area contributed by atoms with E-state index in [0.29, 0.717) is 16.7 Å². The number of rotatable bonds is 6. The van der Waals surface area contributed by atoms with Crippen LogP contribution in [-0.4, -0.2) is 70.1 Å². The molecule has 0 unspecified atom stereocenters. The molecule has 0 spiro atoms. The number of hydrogen-bond acceptors (Lipinski definition) is 7. The molecule has 192 valence electrons. The molecule has 0 aliphatic rings. The summed E-state index contributed by atoms with van der Waals surface area (Å²) in [6.07, 6.45) is -0.530. The summed E-state index contributed by atoms with van der Waals surface area (Å²) in [4.78, 5) is 47.8. The maximum Gasteiger partial charge on any atom is 0.337 e. The number of benzene rings is 2. The summed E-state index contributed by atoms with van der Waals surface area (Å²) in [6.45, 7) is 4.00. The molecule has 0 aliphatic carbocycles. The smallest absolute Gasteiger partial charge is 0.337 e. The van der Waals surface area contributed by atoms with E-state index < -0.39 is 30.2 Å². The Labute approximate surface area is 220 Å². The van der Waals surface area contributed by atoms with E-state index in [1.54, 1.807) is 24.3 Å². The standard InChI is InChI=1S/C22H22N4O6S2.C2H6/c1-25(19(33)13-6-4-8-15(10-13)21(29)30)23-17(27)12-18(28)24-26(2)20(34)14-7-5-9-16(11-14)22(31)32-3;1-2/h4-11H,12H2,1-3H3,(H,23,27)(H,24,28)(H,29,30);1-2H3. The van der Waals surface area contributed by atoms with Crippen molar-refractivity contribution in [1.29, 1.82) is 0 Å². The SMILES string of the molecule is CC.COC(=O)c1cccc(C(=S)N(C)NC(=O)CC(=O)NN(C)C(=S)c2cccc(C(=O)O)c2)c1. The number of methoxy groups -OCH3 is 1. The Bertz CT molecular complexity index is 1150. The Morgan fingerprint density at radius 2 is 1.19 bits per heavy atom. The third kappa shape index (κ3) is 8.71. The van der Waals surface area contributed by atoms with E-state index >= 15 is 0 Å². The van der Waals surface area contributed by atoms with Gasteiger partial charge in [-0.3, -0.25) is 30.5 Å². The molecule has 12 heteroatoms. The maximum atomic E-state index is 12.3. The number of thiocarbonyl (C=S) groups is 2. The van der Waals surface area contributed by atoms with Gasteiger partial charge in [-0.25, -0.2) is 9.59 Å². The van der Waals surface area contributed by atoms with Crippen LogP contribution < -0.4 is 10.9 Å². The second-order valence-electron chi connectivity index (χ2n) is 6.93. The first-order valence-corrected chi connectivity index (χ1v) is 11.5. The fourth-order valence-electron chi connectivity index (χ4n) is 2.77. The largest absolute Gasteiger partial charge is 0.478 e. The Balaban J connectivity index is 0.00000316. The summed E-state index contributed by atoms with van der Waals surface area (Å²) >= 11 is 10.6. The van der Waals surface area contributed by atoms with E-state index in [-0.39, 0.29) is 15.5 Å². The molecule has 2 amide bonds. The first kappa shape index (κ1) is 30.1. The minimum Gasteiger partial charge on any atom is -0.478 e. The minimum absolute atomic E-state index is 0.0510. The topological polar surface area (TPSA) is 128 Å². The zero-order valence-electron chi connectivity index (χ0n) is 20.5. The van der Waals surface area contributed by atoms with Crippen LogP contribution in [0, 0.1) is 0 Å². The quantitative estimate of drug-likeness (QED) is 0.221. The van der Waals surface area contributed by atoms with E-state index in [9.17, 15) is 19.2 Å². The van der Waals surface area contributed by atoms with Crippen LogP contribution in [-0.2, 0) is 14.3 Å². The van der Waals surface area contributed by atoms with Gasteiger partial charge in [-0.15, -0.1) is 0 Å². The molecule has 3 N–H and O–H groups in total. The molecule has 0 atom stereocenters. The highest BCUT2D eigenvalue weighted by Gasteiger charge is 2.18. The van der Waals surface area contributed by atoms with Crippen molar-refractivity contribution in [1.82, 2.24) is 20.9 Å². The zero-order valence-corrected chi connectivity index (χ0v) is 22.2. The molecule has 2 rings (SSSR count). The van der Waals surface area contributed by atoms with E-state index in [0.717, 1.165) is 0 Å². The van der Waals surface area contributed by atoms with Gasteiger partial charge in [0.2, 0.25) is 11.8 Å². The van der Waals surface area contributed by atoms with Gasteiger partial charge in [0.25, 0.3) is 0 Å². The summed E-state index contributed by atoms with van der Waals surface area (Å²) in [7, 11) is 4.24. The molecular weight excluding hydrogens is 504 g/mol. The second-order valence-corrected chi connectivity index (χ2v) is 7.71. The molecule has 0 aliphatic heterocycles. The number of hydrogen-bond donors (Lipinski definition) is 3. The number of carbonyl (C=O) groups excluding carboxylic acids is 3. The molecule has 0 saturated carbocycles. The first-order valence-electron chi connectivity index (χ1n) is 10.7. The van der Waals surface area contributed by atoms with Gasteiger partial charge < -0.3 is 9.84 Å². The molecule has 2 aromatic carbocycles. The van der Waals surface area contributed by atoms with Crippen molar-refractivity contribution in [3.63, 3.8) is 0 Å². The minimum atomic E-state index is -1.10. The molecule has 0 aromatic heterocycles. The van der Waals surface area contributed by atoms with Crippen molar-refractivity contribution in [2.75, 3.05) is 21.2 Å². The first-order chi connectivity index (χ1) is 17.0. The van der Waals surface area contributed by atoms with Gasteiger partial charge in [0.15, 0.2) is 0 Å². The molecule has 10 nitrogen and oxygen atoms in total. The molecule has 0 fully saturated rings. The van der Waals surface area contributed by atoms with Crippen molar-refractivity contribution in [2.24, 2.45) is 0 Å². The van der Waals surface area contributed by atoms with Crippen LogP contribution in [0.5, 0.6) is 0 Å². The lowest BCUT2D eigenvalue weighted by Crippen LogP contribution is -2.47. The third-order valence-electron chi connectivity index (χ3n) is 4.40. The van der Waals surface area contributed by atoms with Crippen LogP contribution in [0.15, 0.2) is 48.5 Å². The van der Waals surface area contributed by atoms with Gasteiger partial charge in [0.1, 0.15) is 16.4 Å². The maximum absolute atomic E-state index is 12.3. The molecule has 2 aromatic rings. The number of amides is 2. The Morgan fingerprint density at radius 1 is 0.806 bits per heavy atom. The zero-order chi connectivity index (χ0) is 27.4. The van der Waals surface area contributed by atoms with Gasteiger partial charge in [-0.1, -0.05) is 62.5 Å². The predicted octanol–water partition coefficient (Wildman–Crippen LogP) is 2.56. The lowest BCUT2D eigenvalue weighted by molar-refractivity contribution is -0.132. The highest BCUT2D eigenvalue weighted by Crippen LogP contribution is 2.10. The number of esters is 1. The molecule has 0 heterocycles. The average molecular weight is 533 g/mol. The lowest BCUT2D eigenvalue weighted by atomic mass is 10.1. The number of nitrogens with one attached hydrogen (secondary N) is 2. The number of aromatic carboxylic acids is 1. The Kier molecular flexibility index (Phi) is 12.1. The fourth-order valence-corrected chi connectivity index (χ4v) is 3.12. The molecule has 0 radical (unpaired) electrons. The van der Waals surface area contributed by atoms with E-state index in [4.69, 9.17) is 29.5 Å². The average Bonchev–Trinajstić information content (AvgIpc) is 2.88. The van der Waals surface area contributed by atoms with Crippen LogP contribution in [0.2, 0.25) is 0 Å². The Morgan fingerprint density at radius 3 is 1.61 bits per heavy atom. The van der Waals surface area contributed by atoms with E-state index in [1.165, 1.54) is 55.5 Å². The summed E-state index contributed by atoms with van der Waals surface area (Å²) in [5, 5.41) is 11.6. The highest BCUT2D eigenvalue weighted by atomic mass is 32.1. The van der Waals surface area contributed by atoms with Gasteiger partial charge in [-0.05, 0) is 24.3 Å². The molecule has 0 bridgehead atoms. The van der Waals surface area contributed by atoms with Gasteiger partial charge in [0, 0.05) is 25.2 Å². The van der Waals surface area contributed by atoms with Crippen LogP contribution in [0.1, 0.15) is 52.1 Å². The fraction of sp³-hybridized carbons (Fsp3) is 0.250. The van der Waals surface area contributed by atoms with Gasteiger partial charge in [0.05, 0.1) is 18.2 Å². The number of carboxylic acid groups (broad SMARTS) is 1. The Hall–Kier alpha value is -3.90. The van der Waals surface area contributed by atoms with Gasteiger partial charge >= 0.3 is 11.9 Å². The normalized spacial score (nSPS) is 9.58. The lowest BCUT2D eigenvalue weighted by Gasteiger charge is -2.23. The van der Waals surface area contributed by atoms with Crippen molar-refractivity contribution >= 4 is 58.2 Å². The van der Waals surface area contributed by atoms with Crippen LogP contribution in [0.25, 0.3) is 0 Å². The van der Waals surface area contributed by atoms with Crippen LogP contribution in [0.4, 0.5) is 0 Å². The summed E-state index contributed by atoms with van der Waals surface area (Å²) < 4.78 is 4.68. The number of ether oxygens (including phenoxy) is 1. The monoisotopic (exact) mass is 532 g/mol. The third-order valence-corrected chi connectivity index (χ3v) is 5.42. The molecule has 36 heavy (non-hydrogen) atoms. The summed E-state index contributed by atoms with van der Waals surface area (Å²) in [5.41, 5.74) is 6.21. The van der Waals surface area contributed by atoms with Crippen molar-refractivity contribution in [3.05, 3.63) is 70.8 Å². The van der Waals surface area contributed by atoms with Crippen molar-refractivity contribution in [2.45, 2.75) is 20.3 Å². The second kappa shape index (κ2) is 14.5. The van der Waals surface area contributed by atoms with Crippen molar-refractivity contribution in [3.8, 4) is 0 Å². The van der Waals surface area contributed by atoms with Gasteiger partial charge in [-0.2, -0.15) is 0 Å². The molecular formula is C24H28N4O6S2. The number of nitrogens with zero attached hydrogens (tertiary/aromatic N) is 2. The molecule has 0 saturated heterocycles. The van der Waals surface area contributed by atoms with Crippen LogP contribution in [0.3, 0.4) is 0 Å². The number of hydrazine groups is 2. The number of carbonyl (C=O) groups is 4. The van der Waals surface area contributed by atoms with Crippen LogP contribution >= 0.6 is 24.4 Å². The number of carboxylic acids is 1. The predicted molar refractivity (Wildman–Crippen MR) is 142 cm³/mol. The van der Waals surface area contributed by atoms with E-state index in [1.807, 2.05) is 13.8 Å². The van der Waals surface area contributed by atoms with E-state index in [2.05, 4.69) is 15.6 Å². The highest BCUT2D eigenvalue weighted by molar-refractivity contribution is 7.80.